The summed E-state index contributed by atoms with van der Waals surface area (Å²) in [5, 5.41) is 3.43. The van der Waals surface area contributed by atoms with Gasteiger partial charge >= 0.3 is 0 Å². The molecule has 5 heteroatoms. The van der Waals surface area contributed by atoms with Crippen molar-refractivity contribution < 1.29 is 0 Å². The van der Waals surface area contributed by atoms with Gasteiger partial charge in [0.25, 0.3) is 0 Å². The molecule has 0 atom stereocenters. The highest BCUT2D eigenvalue weighted by molar-refractivity contribution is 9.10. The summed E-state index contributed by atoms with van der Waals surface area (Å²) in [6, 6.07) is 4.22. The van der Waals surface area contributed by atoms with Crippen LogP contribution < -0.4 is 5.32 Å². The minimum absolute atomic E-state index is 0.886. The Kier molecular flexibility index (Phi) is 5.28. The lowest BCUT2D eigenvalue weighted by Crippen LogP contribution is -2.14. The summed E-state index contributed by atoms with van der Waals surface area (Å²) in [5.41, 5.74) is 2.38. The first-order chi connectivity index (χ1) is 8.75. The van der Waals surface area contributed by atoms with Crippen LogP contribution in [0.5, 0.6) is 0 Å². The van der Waals surface area contributed by atoms with Crippen LogP contribution in [-0.2, 0) is 13.0 Å². The molecule has 2 heterocycles. The van der Waals surface area contributed by atoms with E-state index >= 15 is 0 Å². The maximum absolute atomic E-state index is 4.30. The molecular formula is C13H16BrN3S. The van der Waals surface area contributed by atoms with Crippen molar-refractivity contribution in [3.8, 4) is 0 Å². The highest BCUT2D eigenvalue weighted by atomic mass is 79.9. The molecule has 0 unspecified atom stereocenters. The Morgan fingerprint density at radius 1 is 1.33 bits per heavy atom. The molecule has 0 amide bonds. The molecule has 18 heavy (non-hydrogen) atoms. The van der Waals surface area contributed by atoms with Crippen LogP contribution in [0.15, 0.2) is 29.0 Å². The zero-order chi connectivity index (χ0) is 12.8. The molecule has 0 aliphatic heterocycles. The molecule has 0 saturated carbocycles. The van der Waals surface area contributed by atoms with Gasteiger partial charge in [0.05, 0.1) is 15.5 Å². The first-order valence-corrected chi connectivity index (χ1v) is 7.53. The van der Waals surface area contributed by atoms with Crippen LogP contribution >= 0.6 is 27.5 Å². The van der Waals surface area contributed by atoms with E-state index in [2.05, 4.69) is 42.7 Å². The fourth-order valence-corrected chi connectivity index (χ4v) is 2.82. The molecular weight excluding hydrogens is 310 g/mol. The lowest BCUT2D eigenvalue weighted by Gasteiger charge is -2.04. The normalized spacial score (nSPS) is 10.8. The predicted molar refractivity (Wildman–Crippen MR) is 78.8 cm³/mol. The van der Waals surface area contributed by atoms with Crippen LogP contribution in [0, 0.1) is 6.92 Å². The molecule has 1 N–H and O–H groups in total. The van der Waals surface area contributed by atoms with Crippen LogP contribution in [0.2, 0.25) is 0 Å². The summed E-state index contributed by atoms with van der Waals surface area (Å²) in [6.45, 7) is 3.91. The van der Waals surface area contributed by atoms with E-state index in [-0.39, 0.29) is 0 Å². The first-order valence-electron chi connectivity index (χ1n) is 5.97. The Bertz CT molecular complexity index is 481. The largest absolute Gasteiger partial charge is 0.312 e. The Balaban J connectivity index is 1.64. The molecule has 3 nitrogen and oxygen atoms in total. The average Bonchev–Trinajstić information content (AvgIpc) is 2.77. The molecule has 96 valence electrons. The van der Waals surface area contributed by atoms with E-state index in [9.17, 15) is 0 Å². The molecule has 0 aliphatic rings. The molecule has 0 radical (unpaired) electrons. The monoisotopic (exact) mass is 325 g/mol. The van der Waals surface area contributed by atoms with E-state index in [1.807, 2.05) is 19.3 Å². The molecule has 0 saturated heterocycles. The molecule has 2 rings (SSSR count). The van der Waals surface area contributed by atoms with Gasteiger partial charge in [0.15, 0.2) is 0 Å². The van der Waals surface area contributed by atoms with Crippen LogP contribution in [-0.4, -0.2) is 15.9 Å². The third-order valence-electron chi connectivity index (χ3n) is 2.67. The Labute approximate surface area is 120 Å². The van der Waals surface area contributed by atoms with Crippen molar-refractivity contribution in [2.24, 2.45) is 0 Å². The molecule has 2 aromatic heterocycles. The third-order valence-corrected chi connectivity index (χ3v) is 4.41. The molecule has 0 fully saturated rings. The highest BCUT2D eigenvalue weighted by Crippen LogP contribution is 2.19. The van der Waals surface area contributed by atoms with Gasteiger partial charge in [0, 0.05) is 18.4 Å². The van der Waals surface area contributed by atoms with Crippen molar-refractivity contribution in [2.45, 2.75) is 26.3 Å². The van der Waals surface area contributed by atoms with Gasteiger partial charge in [0.1, 0.15) is 0 Å². The number of halogens is 1. The van der Waals surface area contributed by atoms with Gasteiger partial charge < -0.3 is 5.32 Å². The molecule has 0 aliphatic carbocycles. The Hall–Kier alpha value is -0.780. The second-order valence-corrected chi connectivity index (χ2v) is 5.93. The third kappa shape index (κ3) is 4.15. The lowest BCUT2D eigenvalue weighted by atomic mass is 10.1. The van der Waals surface area contributed by atoms with Crippen LogP contribution in [0.3, 0.4) is 0 Å². The van der Waals surface area contributed by atoms with Crippen molar-refractivity contribution in [1.29, 1.82) is 0 Å². The summed E-state index contributed by atoms with van der Waals surface area (Å²) >= 11 is 5.01. The van der Waals surface area contributed by atoms with Crippen molar-refractivity contribution in [1.82, 2.24) is 14.7 Å². The van der Waals surface area contributed by atoms with Gasteiger partial charge in [0.2, 0.25) is 0 Å². The molecule has 0 aromatic carbocycles. The molecule has 0 spiro atoms. The van der Waals surface area contributed by atoms with Gasteiger partial charge in [-0.05, 0) is 65.4 Å². The number of nitrogens with zero attached hydrogens (tertiary/aromatic N) is 2. The number of rotatable bonds is 6. The summed E-state index contributed by atoms with van der Waals surface area (Å²) in [5.74, 6) is 0. The molecule has 0 bridgehead atoms. The second-order valence-electron chi connectivity index (χ2n) is 4.19. The summed E-state index contributed by atoms with van der Waals surface area (Å²) in [4.78, 5) is 5.55. The highest BCUT2D eigenvalue weighted by Gasteiger charge is 2.01. The van der Waals surface area contributed by atoms with E-state index in [4.69, 9.17) is 0 Å². The fourth-order valence-electron chi connectivity index (χ4n) is 1.63. The Morgan fingerprint density at radius 3 is 2.89 bits per heavy atom. The fraction of sp³-hybridized carbons (Fsp3) is 0.385. The average molecular weight is 326 g/mol. The first kappa shape index (κ1) is 13.6. The smallest absolute Gasteiger partial charge is 0.0552 e. The van der Waals surface area contributed by atoms with Crippen LogP contribution in [0.4, 0.5) is 0 Å². The topological polar surface area (TPSA) is 37.8 Å². The van der Waals surface area contributed by atoms with Crippen LogP contribution in [0.1, 0.15) is 22.6 Å². The van der Waals surface area contributed by atoms with Gasteiger partial charge in [-0.15, -0.1) is 0 Å². The minimum atomic E-state index is 0.886. The van der Waals surface area contributed by atoms with Crippen molar-refractivity contribution in [3.63, 3.8) is 0 Å². The zero-order valence-corrected chi connectivity index (χ0v) is 12.7. The minimum Gasteiger partial charge on any atom is -0.312 e. The SMILES string of the molecule is Cc1ccc(CCCNCc2sncc2Br)cn1. The van der Waals surface area contributed by atoms with Gasteiger partial charge in [-0.1, -0.05) is 6.07 Å². The number of hydrogen-bond donors (Lipinski definition) is 1. The summed E-state index contributed by atoms with van der Waals surface area (Å²) < 4.78 is 5.22. The van der Waals surface area contributed by atoms with E-state index < -0.39 is 0 Å². The quantitative estimate of drug-likeness (QED) is 0.828. The number of hydrogen-bond acceptors (Lipinski definition) is 4. The van der Waals surface area contributed by atoms with Gasteiger partial charge in [-0.2, -0.15) is 4.37 Å². The number of nitrogens with one attached hydrogen (secondary N) is 1. The Morgan fingerprint density at radius 2 is 2.22 bits per heavy atom. The van der Waals surface area contributed by atoms with E-state index in [1.165, 1.54) is 22.0 Å². The number of aryl methyl sites for hydroxylation is 2. The van der Waals surface area contributed by atoms with Gasteiger partial charge in [-0.3, -0.25) is 4.98 Å². The van der Waals surface area contributed by atoms with Gasteiger partial charge in [-0.25, -0.2) is 0 Å². The lowest BCUT2D eigenvalue weighted by molar-refractivity contribution is 0.652. The van der Waals surface area contributed by atoms with E-state index in [1.54, 1.807) is 0 Å². The van der Waals surface area contributed by atoms with Crippen LogP contribution in [0.25, 0.3) is 0 Å². The number of aromatic nitrogens is 2. The second kappa shape index (κ2) is 6.97. The van der Waals surface area contributed by atoms with Crippen molar-refractivity contribution in [3.05, 3.63) is 45.1 Å². The maximum atomic E-state index is 4.30. The summed E-state index contributed by atoms with van der Waals surface area (Å²) in [6.07, 6.45) is 6.01. The zero-order valence-electron chi connectivity index (χ0n) is 10.3. The predicted octanol–water partition coefficient (Wildman–Crippen LogP) is 3.33. The van der Waals surface area contributed by atoms with Crippen molar-refractivity contribution in [2.75, 3.05) is 6.54 Å². The van der Waals surface area contributed by atoms with Crippen molar-refractivity contribution >= 4 is 27.5 Å². The summed E-state index contributed by atoms with van der Waals surface area (Å²) in [7, 11) is 0. The number of pyridine rings is 1. The maximum Gasteiger partial charge on any atom is 0.0552 e. The standard InChI is InChI=1S/C13H16BrN3S/c1-10-4-5-11(7-16-10)3-2-6-15-9-13-12(14)8-17-18-13/h4-5,7-8,15H,2-3,6,9H2,1H3. The van der Waals surface area contributed by atoms with E-state index in [0.717, 1.165) is 36.1 Å². The van der Waals surface area contributed by atoms with E-state index in [0.29, 0.717) is 0 Å². The molecule has 2 aromatic rings.